The highest BCUT2D eigenvalue weighted by Gasteiger charge is 2.18. The van der Waals surface area contributed by atoms with Gasteiger partial charge in [-0.2, -0.15) is 0 Å². The lowest BCUT2D eigenvalue weighted by Gasteiger charge is -2.22. The molecule has 0 atom stereocenters. The maximum absolute atomic E-state index is 11.8. The number of rotatable bonds is 8. The van der Waals surface area contributed by atoms with Crippen molar-refractivity contribution < 1.29 is 17.9 Å². The molecule has 0 saturated carbocycles. The molecule has 0 radical (unpaired) electrons. The zero-order valence-electron chi connectivity index (χ0n) is 12.0. The van der Waals surface area contributed by atoms with Crippen molar-refractivity contribution in [3.05, 3.63) is 29.3 Å². The first kappa shape index (κ1) is 17.7. The van der Waals surface area contributed by atoms with Crippen LogP contribution in [-0.2, 0) is 19.6 Å². The number of sulfonamides is 1. The molecule has 1 rings (SSSR count). The number of halogens is 1. The third kappa shape index (κ3) is 6.33. The fourth-order valence-corrected chi connectivity index (χ4v) is 2.73. The molecule has 1 N–H and O–H groups in total. The van der Waals surface area contributed by atoms with Crippen LogP contribution < -0.4 is 9.62 Å². The van der Waals surface area contributed by atoms with Crippen LogP contribution in [0.25, 0.3) is 0 Å². The molecule has 0 heterocycles. The molecule has 0 unspecified atom stereocenters. The van der Waals surface area contributed by atoms with Crippen molar-refractivity contribution in [3.63, 3.8) is 0 Å². The van der Waals surface area contributed by atoms with Gasteiger partial charge in [0.15, 0.2) is 0 Å². The Labute approximate surface area is 130 Å². The number of amides is 1. The first-order valence-electron chi connectivity index (χ1n) is 6.33. The van der Waals surface area contributed by atoms with E-state index >= 15 is 0 Å². The first-order valence-corrected chi connectivity index (χ1v) is 8.56. The van der Waals surface area contributed by atoms with Crippen LogP contribution in [0, 0.1) is 0 Å². The van der Waals surface area contributed by atoms with Crippen LogP contribution >= 0.6 is 11.6 Å². The molecule has 0 aromatic heterocycles. The number of carbonyl (C=O) groups is 1. The molecular weight excluding hydrogens is 316 g/mol. The molecule has 0 saturated heterocycles. The van der Waals surface area contributed by atoms with Gasteiger partial charge >= 0.3 is 0 Å². The van der Waals surface area contributed by atoms with Crippen LogP contribution in [0.3, 0.4) is 0 Å². The molecule has 0 fully saturated rings. The highest BCUT2D eigenvalue weighted by Crippen LogP contribution is 2.20. The van der Waals surface area contributed by atoms with Crippen molar-refractivity contribution in [2.75, 3.05) is 37.4 Å². The Bertz CT molecular complexity index is 560. The number of hydrogen-bond acceptors (Lipinski definition) is 4. The van der Waals surface area contributed by atoms with Crippen molar-refractivity contribution in [1.82, 2.24) is 5.32 Å². The van der Waals surface area contributed by atoms with Crippen LogP contribution in [0.4, 0.5) is 5.69 Å². The minimum atomic E-state index is -3.47. The first-order chi connectivity index (χ1) is 9.84. The zero-order chi connectivity index (χ0) is 15.9. The summed E-state index contributed by atoms with van der Waals surface area (Å²) < 4.78 is 29.7. The minimum absolute atomic E-state index is 0.0687. The standard InChI is InChI=1S/C13H19ClN2O4S/c1-20-10-8-15-13(17)7-9-16(21(2,18)19)12-5-3-11(14)4-6-12/h3-6H,7-10H2,1-2H3,(H,15,17). The predicted molar refractivity (Wildman–Crippen MR) is 83.1 cm³/mol. The number of carbonyl (C=O) groups excluding carboxylic acids is 1. The topological polar surface area (TPSA) is 75.7 Å². The second-order valence-electron chi connectivity index (χ2n) is 4.40. The summed E-state index contributed by atoms with van der Waals surface area (Å²) in [7, 11) is -1.93. The SMILES string of the molecule is COCCNC(=O)CCN(c1ccc(Cl)cc1)S(C)(=O)=O. The predicted octanol–water partition coefficient (Wildman–Crippen LogP) is 1.26. The fourth-order valence-electron chi connectivity index (χ4n) is 1.68. The number of ether oxygens (including phenoxy) is 1. The van der Waals surface area contributed by atoms with E-state index in [0.29, 0.717) is 23.9 Å². The van der Waals surface area contributed by atoms with E-state index in [1.54, 1.807) is 24.3 Å². The van der Waals surface area contributed by atoms with Crippen molar-refractivity contribution in [2.24, 2.45) is 0 Å². The van der Waals surface area contributed by atoms with Gasteiger partial charge in [0.2, 0.25) is 15.9 Å². The molecule has 0 spiro atoms. The average Bonchev–Trinajstić information content (AvgIpc) is 2.40. The van der Waals surface area contributed by atoms with E-state index in [-0.39, 0.29) is 18.9 Å². The van der Waals surface area contributed by atoms with Gasteiger partial charge in [-0.3, -0.25) is 9.10 Å². The molecule has 1 aromatic rings. The van der Waals surface area contributed by atoms with Crippen molar-refractivity contribution in [1.29, 1.82) is 0 Å². The Morgan fingerprint density at radius 3 is 2.48 bits per heavy atom. The number of nitrogens with one attached hydrogen (secondary N) is 1. The molecule has 0 aliphatic heterocycles. The molecule has 0 bridgehead atoms. The van der Waals surface area contributed by atoms with Gasteiger partial charge in [-0.05, 0) is 24.3 Å². The number of nitrogens with zero attached hydrogens (tertiary/aromatic N) is 1. The van der Waals surface area contributed by atoms with Crippen LogP contribution in [-0.4, -0.2) is 47.4 Å². The lowest BCUT2D eigenvalue weighted by atomic mass is 10.3. The molecule has 0 aliphatic rings. The highest BCUT2D eigenvalue weighted by atomic mass is 35.5. The smallest absolute Gasteiger partial charge is 0.232 e. The summed E-state index contributed by atoms with van der Waals surface area (Å²) in [6.45, 7) is 0.882. The zero-order valence-corrected chi connectivity index (χ0v) is 13.6. The monoisotopic (exact) mass is 334 g/mol. The van der Waals surface area contributed by atoms with Gasteiger partial charge in [0.1, 0.15) is 0 Å². The van der Waals surface area contributed by atoms with Gasteiger partial charge in [0.05, 0.1) is 18.6 Å². The third-order valence-electron chi connectivity index (χ3n) is 2.69. The Hall–Kier alpha value is -1.31. The van der Waals surface area contributed by atoms with Gasteiger partial charge in [-0.15, -0.1) is 0 Å². The highest BCUT2D eigenvalue weighted by molar-refractivity contribution is 7.92. The molecule has 118 valence electrons. The maximum atomic E-state index is 11.8. The average molecular weight is 335 g/mol. The Balaban J connectivity index is 2.68. The summed E-state index contributed by atoms with van der Waals surface area (Å²) in [5.41, 5.74) is 0.478. The lowest BCUT2D eigenvalue weighted by Crippen LogP contribution is -2.35. The van der Waals surface area contributed by atoms with Crippen molar-refractivity contribution in [3.8, 4) is 0 Å². The largest absolute Gasteiger partial charge is 0.383 e. The second kappa shape index (κ2) is 8.21. The van der Waals surface area contributed by atoms with E-state index < -0.39 is 10.0 Å². The summed E-state index contributed by atoms with van der Waals surface area (Å²) in [4.78, 5) is 11.6. The summed E-state index contributed by atoms with van der Waals surface area (Å²) in [5, 5.41) is 3.16. The molecule has 1 aromatic carbocycles. The Morgan fingerprint density at radius 2 is 1.95 bits per heavy atom. The summed E-state index contributed by atoms with van der Waals surface area (Å²) in [6.07, 6.45) is 1.17. The van der Waals surface area contributed by atoms with E-state index in [2.05, 4.69) is 5.32 Å². The van der Waals surface area contributed by atoms with Crippen LogP contribution in [0.15, 0.2) is 24.3 Å². The Kier molecular flexibility index (Phi) is 6.94. The van der Waals surface area contributed by atoms with Gasteiger partial charge in [-0.25, -0.2) is 8.42 Å². The molecule has 8 heteroatoms. The third-order valence-corrected chi connectivity index (χ3v) is 4.13. The van der Waals surface area contributed by atoms with Crippen LogP contribution in [0.2, 0.25) is 5.02 Å². The lowest BCUT2D eigenvalue weighted by molar-refractivity contribution is -0.121. The quantitative estimate of drug-likeness (QED) is 0.726. The summed E-state index contributed by atoms with van der Waals surface area (Å²) in [5.74, 6) is -0.227. The molecular formula is C13H19ClN2O4S. The van der Waals surface area contributed by atoms with Gasteiger partial charge in [0.25, 0.3) is 0 Å². The molecule has 21 heavy (non-hydrogen) atoms. The van der Waals surface area contributed by atoms with Gasteiger partial charge in [0, 0.05) is 31.6 Å². The van der Waals surface area contributed by atoms with E-state index in [1.165, 1.54) is 11.4 Å². The Morgan fingerprint density at radius 1 is 1.33 bits per heavy atom. The summed E-state index contributed by atoms with van der Waals surface area (Å²) in [6, 6.07) is 6.42. The van der Waals surface area contributed by atoms with Crippen molar-refractivity contribution in [2.45, 2.75) is 6.42 Å². The molecule has 0 aliphatic carbocycles. The minimum Gasteiger partial charge on any atom is -0.383 e. The van der Waals surface area contributed by atoms with Crippen LogP contribution in [0.5, 0.6) is 0 Å². The maximum Gasteiger partial charge on any atom is 0.232 e. The van der Waals surface area contributed by atoms with Gasteiger partial charge < -0.3 is 10.1 Å². The number of hydrogen-bond donors (Lipinski definition) is 1. The van der Waals surface area contributed by atoms with E-state index in [1.807, 2.05) is 0 Å². The fraction of sp³-hybridized carbons (Fsp3) is 0.462. The van der Waals surface area contributed by atoms with E-state index in [0.717, 1.165) is 6.26 Å². The van der Waals surface area contributed by atoms with Gasteiger partial charge in [-0.1, -0.05) is 11.6 Å². The summed E-state index contributed by atoms with van der Waals surface area (Å²) >= 11 is 5.79. The number of anilines is 1. The van der Waals surface area contributed by atoms with Crippen molar-refractivity contribution >= 4 is 33.2 Å². The van der Waals surface area contributed by atoms with E-state index in [4.69, 9.17) is 16.3 Å². The number of methoxy groups -OCH3 is 1. The normalized spacial score (nSPS) is 11.2. The number of benzene rings is 1. The van der Waals surface area contributed by atoms with E-state index in [9.17, 15) is 13.2 Å². The molecule has 1 amide bonds. The molecule has 6 nitrogen and oxygen atoms in total. The second-order valence-corrected chi connectivity index (χ2v) is 6.75. The van der Waals surface area contributed by atoms with Crippen LogP contribution in [0.1, 0.15) is 6.42 Å².